The van der Waals surface area contributed by atoms with Gasteiger partial charge in [0.1, 0.15) is 11.5 Å². The summed E-state index contributed by atoms with van der Waals surface area (Å²) < 4.78 is 10.6. The molecular weight excluding hydrogens is 284 g/mol. The molecule has 0 spiro atoms. The van der Waals surface area contributed by atoms with Crippen molar-refractivity contribution in [3.63, 3.8) is 0 Å². The van der Waals surface area contributed by atoms with Gasteiger partial charge in [-0.2, -0.15) is 4.98 Å². The lowest BCUT2D eigenvalue weighted by molar-refractivity contribution is -0.144. The summed E-state index contributed by atoms with van der Waals surface area (Å²) in [7, 11) is 0. The summed E-state index contributed by atoms with van der Waals surface area (Å²) in [6.07, 6.45) is 1.92. The van der Waals surface area contributed by atoms with E-state index in [9.17, 15) is 4.79 Å². The summed E-state index contributed by atoms with van der Waals surface area (Å²) in [6, 6.07) is 6.47. The molecule has 104 valence electrons. The quantitative estimate of drug-likeness (QED) is 0.913. The molecule has 0 aliphatic heterocycles. The number of halogens is 1. The average Bonchev–Trinajstić information content (AvgIpc) is 2.41. The average molecular weight is 295 g/mol. The van der Waals surface area contributed by atoms with Crippen LogP contribution in [0.3, 0.4) is 0 Å². The van der Waals surface area contributed by atoms with Gasteiger partial charge in [0, 0.05) is 0 Å². The topological polar surface area (TPSA) is 81.5 Å². The van der Waals surface area contributed by atoms with E-state index < -0.39 is 12.1 Å². The molecule has 2 aromatic rings. The molecule has 20 heavy (non-hydrogen) atoms. The van der Waals surface area contributed by atoms with Gasteiger partial charge >= 0.3 is 5.97 Å². The van der Waals surface area contributed by atoms with Crippen molar-refractivity contribution in [2.45, 2.75) is 13.0 Å². The highest BCUT2D eigenvalue weighted by Gasteiger charge is 2.12. The Balaban J connectivity index is 2.03. The van der Waals surface area contributed by atoms with E-state index >= 15 is 0 Å². The fourth-order valence-corrected chi connectivity index (χ4v) is 1.48. The van der Waals surface area contributed by atoms with Crippen LogP contribution < -0.4 is 9.47 Å². The van der Waals surface area contributed by atoms with Gasteiger partial charge in [-0.05, 0) is 31.2 Å². The number of carboxylic acid groups (broad SMARTS) is 1. The highest BCUT2D eigenvalue weighted by Crippen LogP contribution is 2.23. The van der Waals surface area contributed by atoms with Gasteiger partial charge in [0.05, 0.1) is 12.4 Å². The van der Waals surface area contributed by atoms with Gasteiger partial charge in [-0.25, -0.2) is 4.79 Å². The number of carbonyl (C=O) groups is 1. The fourth-order valence-electron chi connectivity index (χ4n) is 1.34. The van der Waals surface area contributed by atoms with Crippen LogP contribution in [0.2, 0.25) is 5.15 Å². The summed E-state index contributed by atoms with van der Waals surface area (Å²) in [6.45, 7) is 1.45. The molecule has 0 fully saturated rings. The largest absolute Gasteiger partial charge is 0.479 e. The number of benzene rings is 1. The van der Waals surface area contributed by atoms with Crippen LogP contribution in [0.4, 0.5) is 0 Å². The molecule has 0 radical (unpaired) electrons. The number of ether oxygens (including phenoxy) is 2. The Kier molecular flexibility index (Phi) is 4.37. The van der Waals surface area contributed by atoms with Gasteiger partial charge in [-0.1, -0.05) is 11.6 Å². The summed E-state index contributed by atoms with van der Waals surface area (Å²) in [4.78, 5) is 18.4. The number of carboxylic acids is 1. The van der Waals surface area contributed by atoms with Crippen LogP contribution in [0.5, 0.6) is 17.4 Å². The Morgan fingerprint density at radius 1 is 1.25 bits per heavy atom. The van der Waals surface area contributed by atoms with Crippen molar-refractivity contribution in [3.05, 3.63) is 41.8 Å². The van der Waals surface area contributed by atoms with Crippen molar-refractivity contribution >= 4 is 17.6 Å². The number of hydrogen-bond donors (Lipinski definition) is 1. The summed E-state index contributed by atoms with van der Waals surface area (Å²) in [5.74, 6) is 0.186. The predicted octanol–water partition coefficient (Wildman–Crippen LogP) is 2.77. The maximum absolute atomic E-state index is 10.7. The Labute approximate surface area is 120 Å². The molecule has 1 heterocycles. The van der Waals surface area contributed by atoms with E-state index in [0.29, 0.717) is 11.5 Å². The van der Waals surface area contributed by atoms with Crippen LogP contribution in [0.15, 0.2) is 36.7 Å². The molecule has 6 nitrogen and oxygen atoms in total. The molecule has 1 N–H and O–H groups in total. The molecule has 0 saturated heterocycles. The molecule has 0 aliphatic carbocycles. The van der Waals surface area contributed by atoms with Crippen LogP contribution in [0, 0.1) is 0 Å². The Hall–Kier alpha value is -2.34. The maximum atomic E-state index is 10.7. The molecule has 7 heteroatoms. The molecule has 0 aliphatic rings. The van der Waals surface area contributed by atoms with Crippen LogP contribution in [-0.4, -0.2) is 27.1 Å². The van der Waals surface area contributed by atoms with E-state index in [1.807, 2.05) is 0 Å². The van der Waals surface area contributed by atoms with Gasteiger partial charge in [0.2, 0.25) is 5.88 Å². The van der Waals surface area contributed by atoms with Crippen molar-refractivity contribution in [2.75, 3.05) is 0 Å². The third-order valence-corrected chi connectivity index (χ3v) is 2.47. The molecule has 0 amide bonds. The first-order valence-electron chi connectivity index (χ1n) is 5.69. The number of aromatic nitrogens is 2. The lowest BCUT2D eigenvalue weighted by Crippen LogP contribution is -2.22. The van der Waals surface area contributed by atoms with Crippen LogP contribution in [0.25, 0.3) is 0 Å². The van der Waals surface area contributed by atoms with Gasteiger partial charge in [0.25, 0.3) is 0 Å². The summed E-state index contributed by atoms with van der Waals surface area (Å²) in [5, 5.41) is 8.98. The molecule has 1 atom stereocenters. The monoisotopic (exact) mass is 294 g/mol. The lowest BCUT2D eigenvalue weighted by Gasteiger charge is -2.10. The minimum absolute atomic E-state index is 0.234. The standard InChI is InChI=1S/C13H11ClN2O4/c1-8(13(17)18)19-9-2-4-10(5-3-9)20-12-7-15-6-11(14)16-12/h2-8H,1H3,(H,17,18)/t8-/m0/s1. The number of hydrogen-bond acceptors (Lipinski definition) is 5. The SMILES string of the molecule is C[C@H](Oc1ccc(Oc2cncc(Cl)n2)cc1)C(=O)O. The second-order valence-corrected chi connectivity index (χ2v) is 4.24. The van der Waals surface area contributed by atoms with Gasteiger partial charge in [0.15, 0.2) is 11.3 Å². The highest BCUT2D eigenvalue weighted by molar-refractivity contribution is 6.29. The second kappa shape index (κ2) is 6.21. The normalized spacial score (nSPS) is 11.7. The van der Waals surface area contributed by atoms with E-state index in [0.717, 1.165) is 0 Å². The maximum Gasteiger partial charge on any atom is 0.344 e. The van der Waals surface area contributed by atoms with E-state index in [1.54, 1.807) is 24.3 Å². The van der Waals surface area contributed by atoms with E-state index in [-0.39, 0.29) is 11.0 Å². The van der Waals surface area contributed by atoms with E-state index in [1.165, 1.54) is 19.3 Å². The van der Waals surface area contributed by atoms with Crippen LogP contribution in [-0.2, 0) is 4.79 Å². The predicted molar refractivity (Wildman–Crippen MR) is 71.3 cm³/mol. The van der Waals surface area contributed by atoms with Gasteiger partial charge in [-0.15, -0.1) is 0 Å². The molecule has 0 saturated carbocycles. The number of rotatable bonds is 5. The number of aliphatic carboxylic acids is 1. The molecule has 2 rings (SSSR count). The zero-order valence-corrected chi connectivity index (χ0v) is 11.2. The Morgan fingerprint density at radius 2 is 1.90 bits per heavy atom. The highest BCUT2D eigenvalue weighted by atomic mass is 35.5. The van der Waals surface area contributed by atoms with Crippen LogP contribution >= 0.6 is 11.6 Å². The third-order valence-electron chi connectivity index (χ3n) is 2.29. The minimum atomic E-state index is -1.03. The van der Waals surface area contributed by atoms with Gasteiger partial charge < -0.3 is 14.6 Å². The molecule has 0 unspecified atom stereocenters. The first kappa shape index (κ1) is 14.1. The molecule has 1 aromatic carbocycles. The smallest absolute Gasteiger partial charge is 0.344 e. The van der Waals surface area contributed by atoms with Crippen molar-refractivity contribution in [2.24, 2.45) is 0 Å². The van der Waals surface area contributed by atoms with Crippen LogP contribution in [0.1, 0.15) is 6.92 Å². The molecular formula is C13H11ClN2O4. The number of nitrogens with zero attached hydrogens (tertiary/aromatic N) is 2. The van der Waals surface area contributed by atoms with Crippen molar-refractivity contribution in [1.29, 1.82) is 0 Å². The van der Waals surface area contributed by atoms with Crippen molar-refractivity contribution in [1.82, 2.24) is 9.97 Å². The Bertz CT molecular complexity index is 604. The second-order valence-electron chi connectivity index (χ2n) is 3.85. The molecule has 1 aromatic heterocycles. The third kappa shape index (κ3) is 3.83. The minimum Gasteiger partial charge on any atom is -0.479 e. The van der Waals surface area contributed by atoms with E-state index in [4.69, 9.17) is 26.2 Å². The lowest BCUT2D eigenvalue weighted by atomic mass is 10.3. The summed E-state index contributed by atoms with van der Waals surface area (Å²) in [5.41, 5.74) is 0. The van der Waals surface area contributed by atoms with Crippen molar-refractivity contribution in [3.8, 4) is 17.4 Å². The van der Waals surface area contributed by atoms with Gasteiger partial charge in [-0.3, -0.25) is 4.98 Å². The first-order chi connectivity index (χ1) is 9.54. The zero-order chi connectivity index (χ0) is 14.5. The molecule has 0 bridgehead atoms. The first-order valence-corrected chi connectivity index (χ1v) is 6.07. The Morgan fingerprint density at radius 3 is 2.50 bits per heavy atom. The summed E-state index contributed by atoms with van der Waals surface area (Å²) >= 11 is 5.69. The van der Waals surface area contributed by atoms with Crippen molar-refractivity contribution < 1.29 is 19.4 Å². The zero-order valence-electron chi connectivity index (χ0n) is 10.5. The van der Waals surface area contributed by atoms with E-state index in [2.05, 4.69) is 9.97 Å². The fraction of sp³-hybridized carbons (Fsp3) is 0.154.